The molecule has 0 atom stereocenters. The van der Waals surface area contributed by atoms with Gasteiger partial charge in [-0.05, 0) is 30.7 Å². The Kier molecular flexibility index (Phi) is 5.65. The van der Waals surface area contributed by atoms with Crippen LogP contribution in [0.15, 0.2) is 48.5 Å². The first-order valence-electron chi connectivity index (χ1n) is 7.11. The van der Waals surface area contributed by atoms with Crippen molar-refractivity contribution < 1.29 is 14.3 Å². The van der Waals surface area contributed by atoms with Crippen molar-refractivity contribution in [3.8, 4) is 11.5 Å². The highest BCUT2D eigenvalue weighted by molar-refractivity contribution is 5.93. The number of nitrogens with one attached hydrogen (secondary N) is 1. The number of nitrogens with two attached hydrogens (primary N) is 1. The van der Waals surface area contributed by atoms with E-state index in [1.165, 1.54) is 0 Å². The number of carbonyl (C=O) groups is 1. The fourth-order valence-electron chi connectivity index (χ4n) is 1.98. The van der Waals surface area contributed by atoms with Gasteiger partial charge in [-0.2, -0.15) is 0 Å². The van der Waals surface area contributed by atoms with Crippen molar-refractivity contribution in [3.63, 3.8) is 0 Å². The zero-order valence-corrected chi connectivity index (χ0v) is 12.5. The van der Waals surface area contributed by atoms with E-state index in [1.807, 2.05) is 36.4 Å². The van der Waals surface area contributed by atoms with Crippen molar-refractivity contribution in [1.29, 1.82) is 0 Å². The molecule has 0 heterocycles. The fraction of sp³-hybridized carbons (Fsp3) is 0.235. The molecule has 2 rings (SSSR count). The van der Waals surface area contributed by atoms with Gasteiger partial charge in [0.2, 0.25) is 5.91 Å². The molecule has 3 N–H and O–H groups in total. The summed E-state index contributed by atoms with van der Waals surface area (Å²) in [7, 11) is 1.60. The normalized spacial score (nSPS) is 10.0. The van der Waals surface area contributed by atoms with Gasteiger partial charge in [0.15, 0.2) is 11.5 Å². The highest BCUT2D eigenvalue weighted by Gasteiger charge is 2.06. The van der Waals surface area contributed by atoms with Gasteiger partial charge in [-0.3, -0.25) is 4.79 Å². The minimum atomic E-state index is -0.0819. The highest BCUT2D eigenvalue weighted by Crippen LogP contribution is 2.25. The molecule has 0 aromatic heterocycles. The predicted octanol–water partition coefficient (Wildman–Crippen LogP) is 3.08. The Labute approximate surface area is 130 Å². The SMILES string of the molecule is COc1ccccc1OCCCC(=O)Nc1ccccc1N. The monoisotopic (exact) mass is 300 g/mol. The van der Waals surface area contributed by atoms with Crippen LogP contribution >= 0.6 is 0 Å². The molecule has 0 aliphatic rings. The number of rotatable bonds is 7. The number of para-hydroxylation sites is 4. The lowest BCUT2D eigenvalue weighted by molar-refractivity contribution is -0.116. The highest BCUT2D eigenvalue weighted by atomic mass is 16.5. The molecule has 2 aromatic carbocycles. The second-order valence-electron chi connectivity index (χ2n) is 4.74. The zero-order chi connectivity index (χ0) is 15.8. The summed E-state index contributed by atoms with van der Waals surface area (Å²) in [6.07, 6.45) is 0.972. The average Bonchev–Trinajstić information content (AvgIpc) is 2.54. The number of nitrogen functional groups attached to an aromatic ring is 1. The van der Waals surface area contributed by atoms with E-state index in [-0.39, 0.29) is 5.91 Å². The number of ether oxygens (including phenoxy) is 2. The molecule has 0 fully saturated rings. The summed E-state index contributed by atoms with van der Waals surface area (Å²) in [5.74, 6) is 1.28. The number of hydrogen-bond acceptors (Lipinski definition) is 4. The van der Waals surface area contributed by atoms with Crippen molar-refractivity contribution in [1.82, 2.24) is 0 Å². The molecule has 22 heavy (non-hydrogen) atoms. The van der Waals surface area contributed by atoms with Gasteiger partial charge < -0.3 is 20.5 Å². The third kappa shape index (κ3) is 4.41. The summed E-state index contributed by atoms with van der Waals surface area (Å²) in [5, 5.41) is 2.79. The van der Waals surface area contributed by atoms with Crippen LogP contribution in [0.4, 0.5) is 11.4 Å². The van der Waals surface area contributed by atoms with Crippen LogP contribution in [0.2, 0.25) is 0 Å². The minimum Gasteiger partial charge on any atom is -0.493 e. The van der Waals surface area contributed by atoms with Crippen LogP contribution in [0.25, 0.3) is 0 Å². The molecular weight excluding hydrogens is 280 g/mol. The molecule has 1 amide bonds. The first-order valence-corrected chi connectivity index (χ1v) is 7.11. The van der Waals surface area contributed by atoms with Gasteiger partial charge in [-0.15, -0.1) is 0 Å². The van der Waals surface area contributed by atoms with Crippen LogP contribution in [-0.4, -0.2) is 19.6 Å². The third-order valence-corrected chi connectivity index (χ3v) is 3.11. The van der Waals surface area contributed by atoms with Gasteiger partial charge in [0.05, 0.1) is 25.1 Å². The van der Waals surface area contributed by atoms with Gasteiger partial charge in [-0.25, -0.2) is 0 Å². The summed E-state index contributed by atoms with van der Waals surface area (Å²) in [6.45, 7) is 0.443. The summed E-state index contributed by atoms with van der Waals surface area (Å²) in [6, 6.07) is 14.6. The Morgan fingerprint density at radius 1 is 1.09 bits per heavy atom. The van der Waals surface area contributed by atoms with Crippen LogP contribution < -0.4 is 20.5 Å². The summed E-state index contributed by atoms with van der Waals surface area (Å²) < 4.78 is 10.8. The molecule has 0 radical (unpaired) electrons. The standard InChI is InChI=1S/C17H20N2O3/c1-21-15-9-4-5-10-16(15)22-12-6-11-17(20)19-14-8-3-2-7-13(14)18/h2-5,7-10H,6,11-12,18H2,1H3,(H,19,20). The van der Waals surface area contributed by atoms with E-state index >= 15 is 0 Å². The van der Waals surface area contributed by atoms with E-state index in [9.17, 15) is 4.79 Å². The van der Waals surface area contributed by atoms with E-state index in [1.54, 1.807) is 19.2 Å². The Hall–Kier alpha value is -2.69. The molecule has 5 heteroatoms. The smallest absolute Gasteiger partial charge is 0.224 e. The summed E-state index contributed by atoms with van der Waals surface area (Å²) in [5.41, 5.74) is 6.97. The number of methoxy groups -OCH3 is 1. The maximum atomic E-state index is 11.9. The molecule has 0 aliphatic heterocycles. The largest absolute Gasteiger partial charge is 0.493 e. The number of amides is 1. The zero-order valence-electron chi connectivity index (χ0n) is 12.5. The average molecular weight is 300 g/mol. The number of hydrogen-bond donors (Lipinski definition) is 2. The lowest BCUT2D eigenvalue weighted by atomic mass is 10.2. The van der Waals surface area contributed by atoms with Crippen LogP contribution in [0.5, 0.6) is 11.5 Å². The van der Waals surface area contributed by atoms with Crippen LogP contribution in [0, 0.1) is 0 Å². The van der Waals surface area contributed by atoms with Gasteiger partial charge >= 0.3 is 0 Å². The lowest BCUT2D eigenvalue weighted by Gasteiger charge is -2.10. The van der Waals surface area contributed by atoms with E-state index in [0.29, 0.717) is 42.3 Å². The van der Waals surface area contributed by atoms with Crippen LogP contribution in [-0.2, 0) is 4.79 Å². The summed E-state index contributed by atoms with van der Waals surface area (Å²) in [4.78, 5) is 11.9. The molecule has 0 bridgehead atoms. The molecule has 116 valence electrons. The van der Waals surface area contributed by atoms with E-state index in [4.69, 9.17) is 15.2 Å². The summed E-state index contributed by atoms with van der Waals surface area (Å²) >= 11 is 0. The van der Waals surface area contributed by atoms with Crippen molar-refractivity contribution >= 4 is 17.3 Å². The third-order valence-electron chi connectivity index (χ3n) is 3.11. The van der Waals surface area contributed by atoms with E-state index < -0.39 is 0 Å². The van der Waals surface area contributed by atoms with Crippen LogP contribution in [0.3, 0.4) is 0 Å². The Balaban J connectivity index is 1.75. The van der Waals surface area contributed by atoms with Crippen molar-refractivity contribution in [2.24, 2.45) is 0 Å². The first-order chi connectivity index (χ1) is 10.7. The Morgan fingerprint density at radius 3 is 2.50 bits per heavy atom. The minimum absolute atomic E-state index is 0.0819. The van der Waals surface area contributed by atoms with Crippen LogP contribution in [0.1, 0.15) is 12.8 Å². The van der Waals surface area contributed by atoms with Crippen molar-refractivity contribution in [2.45, 2.75) is 12.8 Å². The Bertz CT molecular complexity index is 629. The maximum absolute atomic E-state index is 11.9. The van der Waals surface area contributed by atoms with Crippen molar-refractivity contribution in [2.75, 3.05) is 24.8 Å². The second-order valence-corrected chi connectivity index (χ2v) is 4.74. The molecule has 0 unspecified atom stereocenters. The number of benzene rings is 2. The molecule has 2 aromatic rings. The molecule has 5 nitrogen and oxygen atoms in total. The predicted molar refractivity (Wildman–Crippen MR) is 87.2 cm³/mol. The molecule has 0 spiro atoms. The molecule has 0 saturated carbocycles. The first kappa shape index (κ1) is 15.7. The Morgan fingerprint density at radius 2 is 1.77 bits per heavy atom. The van der Waals surface area contributed by atoms with Gasteiger partial charge in [0.1, 0.15) is 0 Å². The molecule has 0 aliphatic carbocycles. The van der Waals surface area contributed by atoms with Crippen molar-refractivity contribution in [3.05, 3.63) is 48.5 Å². The van der Waals surface area contributed by atoms with Gasteiger partial charge in [0.25, 0.3) is 0 Å². The molecule has 0 saturated heterocycles. The van der Waals surface area contributed by atoms with Gasteiger partial charge in [-0.1, -0.05) is 24.3 Å². The number of carbonyl (C=O) groups excluding carboxylic acids is 1. The van der Waals surface area contributed by atoms with Gasteiger partial charge in [0, 0.05) is 6.42 Å². The number of anilines is 2. The topological polar surface area (TPSA) is 73.6 Å². The quantitative estimate of drug-likeness (QED) is 0.609. The fourth-order valence-corrected chi connectivity index (χ4v) is 1.98. The van der Waals surface area contributed by atoms with E-state index in [2.05, 4.69) is 5.32 Å². The van der Waals surface area contributed by atoms with E-state index in [0.717, 1.165) is 0 Å². The maximum Gasteiger partial charge on any atom is 0.224 e. The second kappa shape index (κ2) is 7.93. The molecular formula is C17H20N2O3. The lowest BCUT2D eigenvalue weighted by Crippen LogP contribution is -2.14.